The molecule has 4 nitrogen and oxygen atoms in total. The first-order valence-corrected chi connectivity index (χ1v) is 5.60. The molecule has 0 aliphatic carbocycles. The average molecular weight is 224 g/mol. The zero-order valence-corrected chi connectivity index (χ0v) is 10.2. The van der Waals surface area contributed by atoms with Crippen molar-refractivity contribution in [3.63, 3.8) is 0 Å². The predicted octanol–water partition coefficient (Wildman–Crippen LogP) is 2.49. The zero-order valence-electron chi connectivity index (χ0n) is 10.2. The van der Waals surface area contributed by atoms with Crippen LogP contribution in [0.4, 0.5) is 5.69 Å². The Hall–Kier alpha value is -1.45. The van der Waals surface area contributed by atoms with Crippen molar-refractivity contribution in [2.24, 2.45) is 5.92 Å². The van der Waals surface area contributed by atoms with Crippen LogP contribution in [-0.4, -0.2) is 18.7 Å². The molecular weight excluding hydrogens is 204 g/mol. The van der Waals surface area contributed by atoms with E-state index in [1.807, 2.05) is 0 Å². The van der Waals surface area contributed by atoms with E-state index in [9.17, 15) is 0 Å². The van der Waals surface area contributed by atoms with Crippen molar-refractivity contribution in [3.8, 4) is 11.8 Å². The predicted molar refractivity (Wildman–Crippen MR) is 64.8 cm³/mol. The van der Waals surface area contributed by atoms with Gasteiger partial charge in [0.2, 0.25) is 11.8 Å². The van der Waals surface area contributed by atoms with Crippen molar-refractivity contribution in [1.82, 2.24) is 4.98 Å². The molecule has 0 aromatic carbocycles. The van der Waals surface area contributed by atoms with Gasteiger partial charge in [-0.3, -0.25) is 0 Å². The number of hydrogen-bond donors (Lipinski definition) is 1. The lowest BCUT2D eigenvalue weighted by atomic mass is 10.1. The van der Waals surface area contributed by atoms with Gasteiger partial charge in [0, 0.05) is 6.07 Å². The van der Waals surface area contributed by atoms with Crippen LogP contribution in [0.25, 0.3) is 0 Å². The van der Waals surface area contributed by atoms with Gasteiger partial charge < -0.3 is 15.2 Å². The Morgan fingerprint density at radius 2 is 2.19 bits per heavy atom. The first kappa shape index (κ1) is 12.6. The molecule has 4 heteroatoms. The Balaban J connectivity index is 2.54. The van der Waals surface area contributed by atoms with Gasteiger partial charge in [0.25, 0.3) is 0 Å². The molecule has 0 saturated carbocycles. The third-order valence-corrected chi connectivity index (χ3v) is 2.35. The molecule has 1 atom stereocenters. The van der Waals surface area contributed by atoms with E-state index in [4.69, 9.17) is 15.2 Å². The molecule has 0 radical (unpaired) electrons. The van der Waals surface area contributed by atoms with E-state index in [0.29, 0.717) is 30.0 Å². The molecule has 1 heterocycles. The highest BCUT2D eigenvalue weighted by Crippen LogP contribution is 2.22. The third kappa shape index (κ3) is 3.61. The van der Waals surface area contributed by atoms with Crippen LogP contribution in [0.15, 0.2) is 12.1 Å². The second-order valence-corrected chi connectivity index (χ2v) is 3.95. The summed E-state index contributed by atoms with van der Waals surface area (Å²) in [5, 5.41) is 0. The summed E-state index contributed by atoms with van der Waals surface area (Å²) in [6.07, 6.45) is 2.33. The van der Waals surface area contributed by atoms with E-state index in [0.717, 1.165) is 6.42 Å². The first-order valence-electron chi connectivity index (χ1n) is 5.60. The second-order valence-electron chi connectivity index (χ2n) is 3.95. The second kappa shape index (κ2) is 6.20. The van der Waals surface area contributed by atoms with Crippen molar-refractivity contribution in [2.75, 3.05) is 19.5 Å². The quantitative estimate of drug-likeness (QED) is 0.806. The van der Waals surface area contributed by atoms with Gasteiger partial charge in [-0.25, -0.2) is 0 Å². The maximum Gasteiger partial charge on any atom is 0.240 e. The van der Waals surface area contributed by atoms with Crippen LogP contribution in [0.5, 0.6) is 11.8 Å². The topological polar surface area (TPSA) is 57.4 Å². The van der Waals surface area contributed by atoms with Crippen molar-refractivity contribution >= 4 is 5.69 Å². The van der Waals surface area contributed by atoms with Crippen LogP contribution in [0.1, 0.15) is 26.7 Å². The molecule has 0 spiro atoms. The normalized spacial score (nSPS) is 12.2. The molecule has 1 aromatic heterocycles. The minimum atomic E-state index is 0.417. The molecular formula is C12H20N2O2. The highest BCUT2D eigenvalue weighted by Gasteiger charge is 2.06. The van der Waals surface area contributed by atoms with E-state index < -0.39 is 0 Å². The summed E-state index contributed by atoms with van der Waals surface area (Å²) < 4.78 is 10.6. The minimum absolute atomic E-state index is 0.417. The lowest BCUT2D eigenvalue weighted by Gasteiger charge is -2.12. The van der Waals surface area contributed by atoms with Gasteiger partial charge in [0.1, 0.15) is 0 Å². The molecule has 0 saturated heterocycles. The van der Waals surface area contributed by atoms with Crippen LogP contribution in [0.3, 0.4) is 0 Å². The molecule has 1 rings (SSSR count). The lowest BCUT2D eigenvalue weighted by Crippen LogP contribution is -2.09. The largest absolute Gasteiger partial charge is 0.479 e. The van der Waals surface area contributed by atoms with E-state index in [2.05, 4.69) is 18.8 Å². The van der Waals surface area contributed by atoms with Gasteiger partial charge in [0.15, 0.2) is 0 Å². The Kier molecular flexibility index (Phi) is 4.89. The summed E-state index contributed by atoms with van der Waals surface area (Å²) in [4.78, 5) is 4.15. The minimum Gasteiger partial charge on any atom is -0.479 e. The first-order chi connectivity index (χ1) is 7.67. The van der Waals surface area contributed by atoms with Crippen LogP contribution >= 0.6 is 0 Å². The SMILES string of the molecule is CCCC(C)COc1ccc(N)c(OC)n1. The summed E-state index contributed by atoms with van der Waals surface area (Å²) >= 11 is 0. The maximum atomic E-state index is 5.66. The third-order valence-electron chi connectivity index (χ3n) is 2.35. The van der Waals surface area contributed by atoms with Crippen LogP contribution < -0.4 is 15.2 Å². The van der Waals surface area contributed by atoms with Crippen molar-refractivity contribution in [2.45, 2.75) is 26.7 Å². The standard InChI is InChI=1S/C12H20N2O2/c1-4-5-9(2)8-16-11-7-6-10(13)12(14-11)15-3/h6-7,9H,4-5,8,13H2,1-3H3. The molecule has 0 aliphatic heterocycles. The number of methoxy groups -OCH3 is 1. The Morgan fingerprint density at radius 1 is 1.44 bits per heavy atom. The molecule has 1 unspecified atom stereocenters. The lowest BCUT2D eigenvalue weighted by molar-refractivity contribution is 0.240. The van der Waals surface area contributed by atoms with Crippen molar-refractivity contribution in [1.29, 1.82) is 0 Å². The molecule has 0 bridgehead atoms. The van der Waals surface area contributed by atoms with Crippen molar-refractivity contribution < 1.29 is 9.47 Å². The van der Waals surface area contributed by atoms with Crippen LogP contribution in [-0.2, 0) is 0 Å². The van der Waals surface area contributed by atoms with Gasteiger partial charge in [-0.15, -0.1) is 0 Å². The van der Waals surface area contributed by atoms with E-state index in [-0.39, 0.29) is 0 Å². The van der Waals surface area contributed by atoms with Gasteiger partial charge in [-0.2, -0.15) is 4.98 Å². The summed E-state index contributed by atoms with van der Waals surface area (Å²) in [5.74, 6) is 1.52. The highest BCUT2D eigenvalue weighted by atomic mass is 16.5. The van der Waals surface area contributed by atoms with E-state index in [1.165, 1.54) is 6.42 Å². The van der Waals surface area contributed by atoms with Gasteiger partial charge >= 0.3 is 0 Å². The number of rotatable bonds is 6. The summed E-state index contributed by atoms with van der Waals surface area (Å²) in [5.41, 5.74) is 6.19. The zero-order chi connectivity index (χ0) is 12.0. The number of ether oxygens (including phenoxy) is 2. The number of pyridine rings is 1. The van der Waals surface area contributed by atoms with Crippen LogP contribution in [0, 0.1) is 5.92 Å². The maximum absolute atomic E-state index is 5.66. The average Bonchev–Trinajstić information content (AvgIpc) is 2.28. The highest BCUT2D eigenvalue weighted by molar-refractivity contribution is 5.49. The van der Waals surface area contributed by atoms with Crippen molar-refractivity contribution in [3.05, 3.63) is 12.1 Å². The number of anilines is 1. The fourth-order valence-corrected chi connectivity index (χ4v) is 1.48. The Labute approximate surface area is 96.8 Å². The number of aromatic nitrogens is 1. The number of nitrogens with two attached hydrogens (primary N) is 1. The number of nitrogens with zero attached hydrogens (tertiary/aromatic N) is 1. The molecule has 1 aromatic rings. The molecule has 90 valence electrons. The monoisotopic (exact) mass is 224 g/mol. The van der Waals surface area contributed by atoms with Gasteiger partial charge in [0.05, 0.1) is 19.4 Å². The van der Waals surface area contributed by atoms with Gasteiger partial charge in [-0.05, 0) is 18.4 Å². The summed E-state index contributed by atoms with van der Waals surface area (Å²) in [6.45, 7) is 5.01. The fourth-order valence-electron chi connectivity index (χ4n) is 1.48. The molecule has 0 aliphatic rings. The molecule has 0 fully saturated rings. The Morgan fingerprint density at radius 3 is 2.81 bits per heavy atom. The fraction of sp³-hybridized carbons (Fsp3) is 0.583. The summed E-state index contributed by atoms with van der Waals surface area (Å²) in [7, 11) is 1.54. The van der Waals surface area contributed by atoms with Gasteiger partial charge in [-0.1, -0.05) is 20.3 Å². The summed E-state index contributed by atoms with van der Waals surface area (Å²) in [6, 6.07) is 3.50. The smallest absolute Gasteiger partial charge is 0.240 e. The molecule has 2 N–H and O–H groups in total. The molecule has 0 amide bonds. The number of hydrogen-bond acceptors (Lipinski definition) is 4. The van der Waals surface area contributed by atoms with E-state index in [1.54, 1.807) is 19.2 Å². The van der Waals surface area contributed by atoms with Crippen LogP contribution in [0.2, 0.25) is 0 Å². The molecule has 16 heavy (non-hydrogen) atoms. The number of nitrogen functional groups attached to an aromatic ring is 1. The van der Waals surface area contributed by atoms with E-state index >= 15 is 0 Å². The Bertz CT molecular complexity index is 329.